The molecule has 1 aliphatic heterocycles. The van der Waals surface area contributed by atoms with Crippen molar-refractivity contribution in [2.45, 2.75) is 25.1 Å². The maximum Gasteiger partial charge on any atom is 0.334 e. The summed E-state index contributed by atoms with van der Waals surface area (Å²) >= 11 is 0. The van der Waals surface area contributed by atoms with Crippen molar-refractivity contribution < 1.29 is 19.4 Å². The number of carboxylic acids is 1. The van der Waals surface area contributed by atoms with Crippen LogP contribution in [0.4, 0.5) is 0 Å². The van der Waals surface area contributed by atoms with E-state index >= 15 is 0 Å². The van der Waals surface area contributed by atoms with Crippen LogP contribution in [0.1, 0.15) is 6.42 Å². The molecular weight excluding hydrogens is 302 g/mol. The van der Waals surface area contributed by atoms with Gasteiger partial charge >= 0.3 is 11.7 Å². The smallest absolute Gasteiger partial charge is 0.334 e. The van der Waals surface area contributed by atoms with Gasteiger partial charge in [-0.3, -0.25) is 13.9 Å². The summed E-state index contributed by atoms with van der Waals surface area (Å²) in [5.41, 5.74) is 1.10. The third-order valence-corrected chi connectivity index (χ3v) is 4.03. The number of imidazole rings is 1. The fourth-order valence-electron chi connectivity index (χ4n) is 2.89. The SMILES string of the molecule is Cn1c(=O)n(CC(=O)N[C@@H]2CCO[C@@H]2C(=O)O)c2ccccc21. The molecule has 1 saturated heterocycles. The van der Waals surface area contributed by atoms with E-state index < -0.39 is 24.0 Å². The quantitative estimate of drug-likeness (QED) is 0.805. The van der Waals surface area contributed by atoms with Crippen LogP contribution in [-0.2, 0) is 27.9 Å². The van der Waals surface area contributed by atoms with E-state index in [9.17, 15) is 14.4 Å². The zero-order valence-electron chi connectivity index (χ0n) is 12.6. The average Bonchev–Trinajstić information content (AvgIpc) is 3.07. The van der Waals surface area contributed by atoms with Crippen LogP contribution in [0.3, 0.4) is 0 Å². The first-order valence-electron chi connectivity index (χ1n) is 7.27. The molecule has 2 aromatic rings. The number of nitrogens with one attached hydrogen (secondary N) is 1. The Balaban J connectivity index is 1.80. The third kappa shape index (κ3) is 2.72. The Labute approximate surface area is 131 Å². The second-order valence-corrected chi connectivity index (χ2v) is 5.51. The molecule has 1 amide bonds. The molecule has 122 valence electrons. The van der Waals surface area contributed by atoms with Crippen molar-refractivity contribution >= 4 is 22.9 Å². The summed E-state index contributed by atoms with van der Waals surface area (Å²) < 4.78 is 7.93. The number of rotatable bonds is 4. The van der Waals surface area contributed by atoms with Gasteiger partial charge in [-0.2, -0.15) is 0 Å². The van der Waals surface area contributed by atoms with Crippen molar-refractivity contribution in [2.24, 2.45) is 7.05 Å². The predicted molar refractivity (Wildman–Crippen MR) is 81.1 cm³/mol. The van der Waals surface area contributed by atoms with Gasteiger partial charge in [-0.1, -0.05) is 12.1 Å². The molecule has 0 saturated carbocycles. The number of fused-ring (bicyclic) bond motifs is 1. The number of carboxylic acid groups (broad SMARTS) is 1. The highest BCUT2D eigenvalue weighted by Gasteiger charge is 2.35. The Morgan fingerprint density at radius 2 is 2.04 bits per heavy atom. The predicted octanol–water partition coefficient (Wildman–Crippen LogP) is -0.302. The Morgan fingerprint density at radius 1 is 1.35 bits per heavy atom. The van der Waals surface area contributed by atoms with Gasteiger partial charge < -0.3 is 15.2 Å². The monoisotopic (exact) mass is 319 g/mol. The highest BCUT2D eigenvalue weighted by molar-refractivity contribution is 5.82. The first-order chi connectivity index (χ1) is 11.0. The van der Waals surface area contributed by atoms with Gasteiger partial charge in [0.1, 0.15) is 6.54 Å². The molecule has 8 heteroatoms. The summed E-state index contributed by atoms with van der Waals surface area (Å²) in [6.07, 6.45) is -0.601. The van der Waals surface area contributed by atoms with Crippen LogP contribution in [0.2, 0.25) is 0 Å². The average molecular weight is 319 g/mol. The Kier molecular flexibility index (Phi) is 3.91. The largest absolute Gasteiger partial charge is 0.479 e. The number of hydrogen-bond acceptors (Lipinski definition) is 4. The van der Waals surface area contributed by atoms with Crippen LogP contribution in [0.15, 0.2) is 29.1 Å². The van der Waals surface area contributed by atoms with Crippen LogP contribution in [-0.4, -0.2) is 44.9 Å². The van der Waals surface area contributed by atoms with E-state index in [1.807, 2.05) is 6.07 Å². The lowest BCUT2D eigenvalue weighted by Gasteiger charge is -2.16. The summed E-state index contributed by atoms with van der Waals surface area (Å²) in [5, 5.41) is 11.7. The van der Waals surface area contributed by atoms with E-state index in [4.69, 9.17) is 9.84 Å². The van der Waals surface area contributed by atoms with Gasteiger partial charge in [-0.05, 0) is 18.6 Å². The summed E-state index contributed by atoms with van der Waals surface area (Å²) in [7, 11) is 1.64. The number of nitrogens with zero attached hydrogens (tertiary/aromatic N) is 2. The van der Waals surface area contributed by atoms with E-state index in [0.29, 0.717) is 11.9 Å². The molecule has 0 unspecified atom stereocenters. The number of para-hydroxylation sites is 2. The number of hydrogen-bond donors (Lipinski definition) is 2. The fourth-order valence-corrected chi connectivity index (χ4v) is 2.89. The number of aryl methyl sites for hydroxylation is 1. The molecule has 1 aromatic heterocycles. The molecule has 1 fully saturated rings. The van der Waals surface area contributed by atoms with Gasteiger partial charge in [0.05, 0.1) is 17.1 Å². The molecule has 2 atom stereocenters. The van der Waals surface area contributed by atoms with Gasteiger partial charge in [0, 0.05) is 13.7 Å². The number of ether oxygens (including phenoxy) is 1. The van der Waals surface area contributed by atoms with Crippen LogP contribution in [0.25, 0.3) is 11.0 Å². The number of aromatic nitrogens is 2. The van der Waals surface area contributed by atoms with Crippen molar-refractivity contribution in [2.75, 3.05) is 6.61 Å². The summed E-state index contributed by atoms with van der Waals surface area (Å²) in [6.45, 7) is 0.124. The van der Waals surface area contributed by atoms with Gasteiger partial charge in [0.15, 0.2) is 6.10 Å². The Hall–Kier alpha value is -2.61. The van der Waals surface area contributed by atoms with Crippen LogP contribution < -0.4 is 11.0 Å². The maximum atomic E-state index is 12.3. The molecule has 2 heterocycles. The van der Waals surface area contributed by atoms with Gasteiger partial charge in [-0.15, -0.1) is 0 Å². The number of carbonyl (C=O) groups is 2. The molecule has 23 heavy (non-hydrogen) atoms. The molecule has 1 aliphatic rings. The molecular formula is C15H17N3O5. The molecule has 2 N–H and O–H groups in total. The number of carbonyl (C=O) groups excluding carboxylic acids is 1. The minimum atomic E-state index is -1.10. The van der Waals surface area contributed by atoms with Crippen LogP contribution in [0, 0.1) is 0 Å². The highest BCUT2D eigenvalue weighted by Crippen LogP contribution is 2.14. The first-order valence-corrected chi connectivity index (χ1v) is 7.27. The summed E-state index contributed by atoms with van der Waals surface area (Å²) in [5.74, 6) is -1.51. The van der Waals surface area contributed by atoms with Crippen molar-refractivity contribution in [3.05, 3.63) is 34.7 Å². The molecule has 0 radical (unpaired) electrons. The topological polar surface area (TPSA) is 103 Å². The Bertz CT molecular complexity index is 822. The molecule has 0 aliphatic carbocycles. The second-order valence-electron chi connectivity index (χ2n) is 5.51. The molecule has 8 nitrogen and oxygen atoms in total. The van der Waals surface area contributed by atoms with Gasteiger partial charge in [0.25, 0.3) is 0 Å². The van der Waals surface area contributed by atoms with Crippen molar-refractivity contribution in [3.8, 4) is 0 Å². The zero-order chi connectivity index (χ0) is 16.6. The van der Waals surface area contributed by atoms with Gasteiger partial charge in [0.2, 0.25) is 5.91 Å². The molecule has 3 rings (SSSR count). The van der Waals surface area contributed by atoms with Gasteiger partial charge in [-0.25, -0.2) is 9.59 Å². The molecule has 1 aromatic carbocycles. The number of aliphatic carboxylic acids is 1. The maximum absolute atomic E-state index is 12.3. The molecule has 0 spiro atoms. The minimum Gasteiger partial charge on any atom is -0.479 e. The summed E-state index contributed by atoms with van der Waals surface area (Å²) in [4.78, 5) is 35.5. The van der Waals surface area contributed by atoms with Crippen LogP contribution in [0.5, 0.6) is 0 Å². The van der Waals surface area contributed by atoms with E-state index in [-0.39, 0.29) is 18.8 Å². The zero-order valence-corrected chi connectivity index (χ0v) is 12.6. The van der Waals surface area contributed by atoms with Crippen LogP contribution >= 0.6 is 0 Å². The third-order valence-electron chi connectivity index (χ3n) is 4.03. The summed E-state index contributed by atoms with van der Waals surface area (Å²) in [6, 6.07) is 6.60. The molecule has 0 bridgehead atoms. The fraction of sp³-hybridized carbons (Fsp3) is 0.400. The lowest BCUT2D eigenvalue weighted by Crippen LogP contribution is -2.45. The van der Waals surface area contributed by atoms with Crippen molar-refractivity contribution in [3.63, 3.8) is 0 Å². The first kappa shape index (κ1) is 15.3. The minimum absolute atomic E-state index is 0.164. The standard InChI is InChI=1S/C15H17N3O5/c1-17-10-4-2-3-5-11(10)18(15(17)22)8-12(19)16-9-6-7-23-13(9)14(20)21/h2-5,9,13H,6-8H2,1H3,(H,16,19)(H,20,21)/t9-,13+/m1/s1. The van der Waals surface area contributed by atoms with Crippen molar-refractivity contribution in [1.29, 1.82) is 0 Å². The van der Waals surface area contributed by atoms with E-state index in [1.165, 1.54) is 9.13 Å². The van der Waals surface area contributed by atoms with Crippen molar-refractivity contribution in [1.82, 2.24) is 14.5 Å². The number of benzene rings is 1. The lowest BCUT2D eigenvalue weighted by atomic mass is 10.1. The van der Waals surface area contributed by atoms with E-state index in [0.717, 1.165) is 5.52 Å². The number of amides is 1. The Morgan fingerprint density at radius 3 is 2.74 bits per heavy atom. The second kappa shape index (κ2) is 5.88. The normalized spacial score (nSPS) is 20.7. The highest BCUT2D eigenvalue weighted by atomic mass is 16.5. The lowest BCUT2D eigenvalue weighted by molar-refractivity contribution is -0.148. The van der Waals surface area contributed by atoms with E-state index in [2.05, 4.69) is 5.32 Å². The van der Waals surface area contributed by atoms with E-state index in [1.54, 1.807) is 25.2 Å².